The van der Waals surface area contributed by atoms with Gasteiger partial charge in [-0.1, -0.05) is 76.5 Å². The van der Waals surface area contributed by atoms with E-state index in [4.69, 9.17) is 74.3 Å². The minimum atomic E-state index is -4.40. The third kappa shape index (κ3) is 4.81. The maximum Gasteiger partial charge on any atom is 0.307 e. The molecule has 1 aliphatic carbocycles. The van der Waals surface area contributed by atoms with Crippen LogP contribution in [0.2, 0.25) is 10.0 Å². The van der Waals surface area contributed by atoms with Gasteiger partial charge in [0.15, 0.2) is 5.25 Å². The summed E-state index contributed by atoms with van der Waals surface area (Å²) in [6, 6.07) is 4.05. The first-order valence-electron chi connectivity index (χ1n) is 7.22. The Morgan fingerprint density at radius 2 is 1.81 bits per heavy atom. The second-order valence-electron chi connectivity index (χ2n) is 5.32. The molecule has 2 atom stereocenters. The number of halogens is 6. The summed E-state index contributed by atoms with van der Waals surface area (Å²) in [5, 5.41) is -4.61. The summed E-state index contributed by atoms with van der Waals surface area (Å²) in [6.45, 7) is 1.50. The Hall–Kier alpha value is -0.340. The highest BCUT2D eigenvalue weighted by molar-refractivity contribution is 7.93. The van der Waals surface area contributed by atoms with Crippen molar-refractivity contribution in [1.29, 1.82) is 0 Å². The molecule has 1 N–H and O–H groups in total. The van der Waals surface area contributed by atoms with Crippen LogP contribution in [0.15, 0.2) is 39.4 Å². The van der Waals surface area contributed by atoms with E-state index < -0.39 is 26.3 Å². The Morgan fingerprint density at radius 3 is 2.37 bits per heavy atom. The predicted octanol–water partition coefficient (Wildman–Crippen LogP) is 5.82. The number of rotatable bonds is 5. The second-order valence-corrected chi connectivity index (χ2v) is 9.68. The van der Waals surface area contributed by atoms with Crippen LogP contribution in [-0.4, -0.2) is 24.7 Å². The van der Waals surface area contributed by atoms with Crippen LogP contribution in [0.5, 0.6) is 0 Å². The van der Waals surface area contributed by atoms with Gasteiger partial charge in [-0.25, -0.2) is 8.42 Å². The van der Waals surface area contributed by atoms with Gasteiger partial charge in [0, 0.05) is 6.42 Å². The van der Waals surface area contributed by atoms with Gasteiger partial charge in [-0.3, -0.25) is 9.52 Å². The van der Waals surface area contributed by atoms with Crippen molar-refractivity contribution in [2.45, 2.75) is 23.7 Å². The third-order valence-corrected chi connectivity index (χ3v) is 7.94. The lowest BCUT2D eigenvalue weighted by molar-refractivity contribution is -0.148. The number of nitrogens with one attached hydrogen (secondary N) is 1. The summed E-state index contributed by atoms with van der Waals surface area (Å²) in [4.78, 5) is 11.8. The minimum Gasteiger partial charge on any atom is -0.436 e. The molecule has 0 heterocycles. The van der Waals surface area contributed by atoms with Crippen LogP contribution in [0.25, 0.3) is 0 Å². The number of esters is 1. The molecule has 0 amide bonds. The fourth-order valence-corrected chi connectivity index (χ4v) is 5.87. The summed E-state index contributed by atoms with van der Waals surface area (Å²) in [6.07, 6.45) is 1.05. The number of carbonyl (C=O) groups excluding carboxylic acids is 1. The van der Waals surface area contributed by atoms with E-state index in [9.17, 15) is 13.2 Å². The van der Waals surface area contributed by atoms with Gasteiger partial charge in [0.1, 0.15) is 0 Å². The normalized spacial score (nSPS) is 23.1. The van der Waals surface area contributed by atoms with E-state index in [0.717, 1.165) is 6.08 Å². The number of anilines is 1. The van der Waals surface area contributed by atoms with Gasteiger partial charge in [-0.15, -0.1) is 0 Å². The van der Waals surface area contributed by atoms with Crippen molar-refractivity contribution < 1.29 is 17.9 Å². The average Bonchev–Trinajstić information content (AvgIpc) is 2.56. The molecule has 1 aliphatic rings. The second kappa shape index (κ2) is 8.57. The standard InChI is InChI=1S/C15H11Cl6NO4S/c1-2-12(23)26-15(21)11(19)6-10(18)13(20)14(15)27(24,25)22-7-3-4-8(16)9(17)5-7/h3-6,14,22H,2H2,1H3. The minimum absolute atomic E-state index is 0.0688. The van der Waals surface area contributed by atoms with Gasteiger partial charge in [-0.05, 0) is 24.3 Å². The highest BCUT2D eigenvalue weighted by Gasteiger charge is 2.55. The van der Waals surface area contributed by atoms with Crippen LogP contribution in [0, 0.1) is 0 Å². The Morgan fingerprint density at radius 1 is 1.19 bits per heavy atom. The molecule has 0 aromatic heterocycles. The zero-order valence-corrected chi connectivity index (χ0v) is 18.8. The first kappa shape index (κ1) is 22.9. The van der Waals surface area contributed by atoms with Gasteiger partial charge in [0.25, 0.3) is 0 Å². The summed E-state index contributed by atoms with van der Waals surface area (Å²) in [7, 11) is -4.40. The topological polar surface area (TPSA) is 72.5 Å². The van der Waals surface area contributed by atoms with E-state index in [1.54, 1.807) is 0 Å². The molecule has 0 radical (unpaired) electrons. The number of ether oxygens (including phenoxy) is 1. The Kier molecular flexibility index (Phi) is 7.29. The van der Waals surface area contributed by atoms with Crippen molar-refractivity contribution in [1.82, 2.24) is 0 Å². The zero-order valence-electron chi connectivity index (χ0n) is 13.4. The maximum absolute atomic E-state index is 13.0. The molecule has 0 fully saturated rings. The van der Waals surface area contributed by atoms with Gasteiger partial charge in [0.05, 0.1) is 30.8 Å². The third-order valence-electron chi connectivity index (χ3n) is 3.42. The van der Waals surface area contributed by atoms with Crippen molar-refractivity contribution in [2.75, 3.05) is 4.72 Å². The molecule has 2 unspecified atom stereocenters. The molecule has 0 bridgehead atoms. The highest BCUT2D eigenvalue weighted by Crippen LogP contribution is 2.47. The molecule has 2 rings (SSSR count). The lowest BCUT2D eigenvalue weighted by Crippen LogP contribution is -2.50. The molecule has 0 saturated carbocycles. The summed E-state index contributed by atoms with van der Waals surface area (Å²) in [5.74, 6) is -0.784. The van der Waals surface area contributed by atoms with E-state index in [1.807, 2.05) is 0 Å². The van der Waals surface area contributed by atoms with Crippen LogP contribution in [0.3, 0.4) is 0 Å². The van der Waals surface area contributed by atoms with Gasteiger partial charge in [-0.2, -0.15) is 0 Å². The van der Waals surface area contributed by atoms with Gasteiger partial charge >= 0.3 is 5.97 Å². The number of hydrogen-bond donors (Lipinski definition) is 1. The molecule has 0 saturated heterocycles. The fourth-order valence-electron chi connectivity index (χ4n) is 2.15. The number of alkyl halides is 1. The fraction of sp³-hybridized carbons (Fsp3) is 0.267. The number of benzene rings is 1. The van der Waals surface area contributed by atoms with E-state index in [-0.39, 0.29) is 37.3 Å². The molecular weight excluding hydrogens is 503 g/mol. The molecule has 0 spiro atoms. The SMILES string of the molecule is CCC(=O)OC1(Cl)C(Cl)=CC(Cl)=C(Cl)C1S(=O)(=O)Nc1ccc(Cl)c(Cl)c1. The molecule has 1 aromatic rings. The summed E-state index contributed by atoms with van der Waals surface area (Å²) < 4.78 is 33.4. The molecular formula is C15H11Cl6NO4S. The van der Waals surface area contributed by atoms with Crippen LogP contribution in [0.4, 0.5) is 5.69 Å². The van der Waals surface area contributed by atoms with Crippen LogP contribution < -0.4 is 4.72 Å². The molecule has 148 valence electrons. The molecule has 5 nitrogen and oxygen atoms in total. The number of hydrogen-bond acceptors (Lipinski definition) is 4. The van der Waals surface area contributed by atoms with Gasteiger partial charge < -0.3 is 4.74 Å². The molecule has 1 aromatic carbocycles. The quantitative estimate of drug-likeness (QED) is 0.398. The number of allylic oxidation sites excluding steroid dienone is 2. The molecule has 12 heteroatoms. The van der Waals surface area contributed by atoms with Crippen molar-refractivity contribution >= 4 is 91.3 Å². The first-order chi connectivity index (χ1) is 12.4. The van der Waals surface area contributed by atoms with Crippen molar-refractivity contribution in [2.24, 2.45) is 0 Å². The van der Waals surface area contributed by atoms with E-state index >= 15 is 0 Å². The Balaban J connectivity index is 2.53. The number of sulfonamides is 1. The van der Waals surface area contributed by atoms with E-state index in [2.05, 4.69) is 4.72 Å². The zero-order chi connectivity index (χ0) is 20.6. The largest absolute Gasteiger partial charge is 0.436 e. The highest BCUT2D eigenvalue weighted by atomic mass is 35.5. The van der Waals surface area contributed by atoms with Crippen molar-refractivity contribution in [3.8, 4) is 0 Å². The molecule has 0 aliphatic heterocycles. The Bertz CT molecular complexity index is 946. The number of carbonyl (C=O) groups is 1. The maximum atomic E-state index is 13.0. The lowest BCUT2D eigenvalue weighted by Gasteiger charge is -2.36. The Labute approximate surface area is 186 Å². The van der Waals surface area contributed by atoms with Crippen LogP contribution in [0.1, 0.15) is 13.3 Å². The van der Waals surface area contributed by atoms with Gasteiger partial charge in [0.2, 0.25) is 15.1 Å². The lowest BCUT2D eigenvalue weighted by atomic mass is 10.1. The van der Waals surface area contributed by atoms with Crippen LogP contribution in [-0.2, 0) is 19.6 Å². The van der Waals surface area contributed by atoms with E-state index in [0.29, 0.717) is 0 Å². The summed E-state index contributed by atoms with van der Waals surface area (Å²) in [5.41, 5.74) is 0.0801. The van der Waals surface area contributed by atoms with Crippen molar-refractivity contribution in [3.63, 3.8) is 0 Å². The average molecular weight is 514 g/mol. The molecule has 27 heavy (non-hydrogen) atoms. The summed E-state index contributed by atoms with van der Waals surface area (Å²) >= 11 is 36.2. The van der Waals surface area contributed by atoms with Crippen molar-refractivity contribution in [3.05, 3.63) is 49.4 Å². The van der Waals surface area contributed by atoms with E-state index in [1.165, 1.54) is 25.1 Å². The monoisotopic (exact) mass is 511 g/mol. The first-order valence-corrected chi connectivity index (χ1v) is 11.0. The van der Waals surface area contributed by atoms with Crippen LogP contribution >= 0.6 is 69.6 Å². The smallest absolute Gasteiger partial charge is 0.307 e. The predicted molar refractivity (Wildman–Crippen MR) is 110 cm³/mol.